The number of nitrogens with one attached hydrogen (secondary N) is 1. The summed E-state index contributed by atoms with van der Waals surface area (Å²) in [6.45, 7) is 15.6. The Morgan fingerprint density at radius 2 is 1.75 bits per heavy atom. The third-order valence-corrected chi connectivity index (χ3v) is 4.31. The van der Waals surface area contributed by atoms with Crippen LogP contribution in [0.3, 0.4) is 0 Å². The van der Waals surface area contributed by atoms with Crippen LogP contribution >= 0.6 is 0 Å². The zero-order chi connectivity index (χ0) is 18.4. The van der Waals surface area contributed by atoms with E-state index < -0.39 is 0 Å². The van der Waals surface area contributed by atoms with Gasteiger partial charge in [0, 0.05) is 12.1 Å². The minimum Gasteiger partial charge on any atom is -0.350 e. The first-order valence-corrected chi connectivity index (χ1v) is 9.04. The van der Waals surface area contributed by atoms with Gasteiger partial charge < -0.3 is 5.32 Å². The van der Waals surface area contributed by atoms with E-state index in [1.54, 1.807) is 12.4 Å². The number of hydrogen-bond donors (Lipinski definition) is 1. The lowest BCUT2D eigenvalue weighted by atomic mass is 9.76. The highest BCUT2D eigenvalue weighted by Gasteiger charge is 2.30. The first-order valence-electron chi connectivity index (χ1n) is 9.04. The molecule has 0 bridgehead atoms. The molecule has 0 spiro atoms. The summed E-state index contributed by atoms with van der Waals surface area (Å²) >= 11 is 0. The maximum Gasteiger partial charge on any atom is 0.223 e. The second-order valence-corrected chi connectivity index (χ2v) is 9.09. The molecule has 1 amide bonds. The SMILES string of the molecule is Cc1cnc(CNC(=O)C(CCCCC(C)(C)C)C(C)(C)C)cn1. The van der Waals surface area contributed by atoms with Gasteiger partial charge in [-0.1, -0.05) is 54.4 Å². The van der Waals surface area contributed by atoms with E-state index in [2.05, 4.69) is 56.8 Å². The fourth-order valence-electron chi connectivity index (χ4n) is 2.77. The third-order valence-electron chi connectivity index (χ3n) is 4.31. The van der Waals surface area contributed by atoms with Crippen molar-refractivity contribution in [2.45, 2.75) is 80.7 Å². The van der Waals surface area contributed by atoms with E-state index in [0.717, 1.165) is 24.2 Å². The number of unbranched alkanes of at least 4 members (excludes halogenated alkanes) is 1. The van der Waals surface area contributed by atoms with E-state index in [0.29, 0.717) is 12.0 Å². The van der Waals surface area contributed by atoms with Gasteiger partial charge in [0.1, 0.15) is 0 Å². The van der Waals surface area contributed by atoms with E-state index in [1.807, 2.05) is 6.92 Å². The molecule has 0 aliphatic rings. The molecule has 1 aromatic heterocycles. The Morgan fingerprint density at radius 1 is 1.08 bits per heavy atom. The van der Waals surface area contributed by atoms with Crippen LogP contribution in [0, 0.1) is 23.7 Å². The van der Waals surface area contributed by atoms with E-state index in [1.165, 1.54) is 12.8 Å². The maximum absolute atomic E-state index is 12.7. The van der Waals surface area contributed by atoms with Crippen LogP contribution in [-0.2, 0) is 11.3 Å². The van der Waals surface area contributed by atoms with Gasteiger partial charge in [-0.25, -0.2) is 0 Å². The summed E-state index contributed by atoms with van der Waals surface area (Å²) in [4.78, 5) is 21.2. The van der Waals surface area contributed by atoms with E-state index in [-0.39, 0.29) is 17.2 Å². The molecule has 0 aliphatic heterocycles. The summed E-state index contributed by atoms with van der Waals surface area (Å²) in [6.07, 6.45) is 7.86. The molecule has 0 saturated heterocycles. The molecule has 0 fully saturated rings. The zero-order valence-corrected chi connectivity index (χ0v) is 16.6. The number of aromatic nitrogens is 2. The molecule has 136 valence electrons. The Bertz CT molecular complexity index is 509. The van der Waals surface area contributed by atoms with Crippen LogP contribution in [0.4, 0.5) is 0 Å². The lowest BCUT2D eigenvalue weighted by Crippen LogP contribution is -2.37. The third kappa shape index (κ3) is 7.89. The Labute approximate surface area is 147 Å². The van der Waals surface area contributed by atoms with Crippen molar-refractivity contribution >= 4 is 5.91 Å². The number of amides is 1. The van der Waals surface area contributed by atoms with Crippen LogP contribution in [-0.4, -0.2) is 15.9 Å². The molecular formula is C20H35N3O. The Balaban J connectivity index is 2.54. The summed E-state index contributed by atoms with van der Waals surface area (Å²) in [6, 6.07) is 0. The molecule has 24 heavy (non-hydrogen) atoms. The molecule has 1 N–H and O–H groups in total. The largest absolute Gasteiger partial charge is 0.350 e. The van der Waals surface area contributed by atoms with Crippen molar-refractivity contribution in [1.82, 2.24) is 15.3 Å². The number of nitrogens with zero attached hydrogens (tertiary/aromatic N) is 2. The fourth-order valence-corrected chi connectivity index (χ4v) is 2.77. The van der Waals surface area contributed by atoms with E-state index in [4.69, 9.17) is 0 Å². The Hall–Kier alpha value is -1.45. The molecule has 4 heteroatoms. The minimum absolute atomic E-state index is 0.0240. The molecule has 1 rings (SSSR count). The summed E-state index contributed by atoms with van der Waals surface area (Å²) in [7, 11) is 0. The second-order valence-electron chi connectivity index (χ2n) is 9.09. The number of hydrogen-bond acceptors (Lipinski definition) is 3. The summed E-state index contributed by atoms with van der Waals surface area (Å²) in [5, 5.41) is 3.04. The van der Waals surface area contributed by atoms with Gasteiger partial charge in [0.05, 0.1) is 24.1 Å². The molecule has 0 aliphatic carbocycles. The van der Waals surface area contributed by atoms with E-state index >= 15 is 0 Å². The van der Waals surface area contributed by atoms with Crippen molar-refractivity contribution in [3.63, 3.8) is 0 Å². The Morgan fingerprint density at radius 3 is 2.25 bits per heavy atom. The number of aryl methyl sites for hydroxylation is 1. The molecule has 0 radical (unpaired) electrons. The molecule has 1 atom stereocenters. The average Bonchev–Trinajstić information content (AvgIpc) is 2.43. The van der Waals surface area contributed by atoms with Gasteiger partial charge in [0.25, 0.3) is 0 Å². The lowest BCUT2D eigenvalue weighted by Gasteiger charge is -2.30. The quantitative estimate of drug-likeness (QED) is 0.738. The standard InChI is InChI=1S/C20H35N3O/c1-15-12-22-16(13-21-15)14-23-18(24)17(20(5,6)7)10-8-9-11-19(2,3)4/h12-13,17H,8-11,14H2,1-7H3,(H,23,24). The molecule has 4 nitrogen and oxygen atoms in total. The van der Waals surface area contributed by atoms with E-state index in [9.17, 15) is 4.79 Å². The smallest absolute Gasteiger partial charge is 0.223 e. The van der Waals surface area contributed by atoms with Crippen molar-refractivity contribution in [3.8, 4) is 0 Å². The topological polar surface area (TPSA) is 54.9 Å². The van der Waals surface area contributed by atoms with Gasteiger partial charge >= 0.3 is 0 Å². The van der Waals surface area contributed by atoms with Crippen molar-refractivity contribution in [1.29, 1.82) is 0 Å². The highest BCUT2D eigenvalue weighted by molar-refractivity contribution is 5.79. The summed E-state index contributed by atoms with van der Waals surface area (Å²) in [5.74, 6) is 0.150. The minimum atomic E-state index is -0.0369. The van der Waals surface area contributed by atoms with Crippen LogP contribution in [0.25, 0.3) is 0 Å². The summed E-state index contributed by atoms with van der Waals surface area (Å²) < 4.78 is 0. The maximum atomic E-state index is 12.7. The van der Waals surface area contributed by atoms with Crippen LogP contribution in [0.1, 0.15) is 78.6 Å². The van der Waals surface area contributed by atoms with Crippen molar-refractivity contribution in [3.05, 3.63) is 23.8 Å². The van der Waals surface area contributed by atoms with Crippen LogP contribution < -0.4 is 5.32 Å². The van der Waals surface area contributed by atoms with Gasteiger partial charge in [0.2, 0.25) is 5.91 Å². The van der Waals surface area contributed by atoms with Gasteiger partial charge in [-0.2, -0.15) is 0 Å². The van der Waals surface area contributed by atoms with Crippen LogP contribution in [0.2, 0.25) is 0 Å². The normalized spacial score (nSPS) is 13.6. The van der Waals surface area contributed by atoms with Crippen LogP contribution in [0.15, 0.2) is 12.4 Å². The molecule has 1 aromatic rings. The fraction of sp³-hybridized carbons (Fsp3) is 0.750. The van der Waals surface area contributed by atoms with Crippen LogP contribution in [0.5, 0.6) is 0 Å². The molecule has 1 heterocycles. The Kier molecular flexibility index (Phi) is 7.37. The number of carbonyl (C=O) groups is 1. The van der Waals surface area contributed by atoms with Gasteiger partial charge in [-0.3, -0.25) is 14.8 Å². The number of rotatable bonds is 7. The first kappa shape index (κ1) is 20.6. The highest BCUT2D eigenvalue weighted by Crippen LogP contribution is 2.32. The molecule has 0 saturated carbocycles. The predicted molar refractivity (Wildman–Crippen MR) is 99.5 cm³/mol. The number of carbonyl (C=O) groups excluding carboxylic acids is 1. The molecule has 0 aromatic carbocycles. The van der Waals surface area contributed by atoms with Crippen molar-refractivity contribution in [2.24, 2.45) is 16.7 Å². The predicted octanol–water partition coefficient (Wildman–Crippen LogP) is 4.67. The average molecular weight is 334 g/mol. The molecule has 1 unspecified atom stereocenters. The van der Waals surface area contributed by atoms with Crippen molar-refractivity contribution in [2.75, 3.05) is 0 Å². The zero-order valence-electron chi connectivity index (χ0n) is 16.6. The summed E-state index contributed by atoms with van der Waals surface area (Å²) in [5.41, 5.74) is 2.01. The van der Waals surface area contributed by atoms with Gasteiger partial charge in [-0.15, -0.1) is 0 Å². The second kappa shape index (κ2) is 8.59. The lowest BCUT2D eigenvalue weighted by molar-refractivity contribution is -0.128. The first-order chi connectivity index (χ1) is 11.0. The molecular weight excluding hydrogens is 298 g/mol. The monoisotopic (exact) mass is 333 g/mol. The highest BCUT2D eigenvalue weighted by atomic mass is 16.1. The van der Waals surface area contributed by atoms with Gasteiger partial charge in [0.15, 0.2) is 0 Å². The van der Waals surface area contributed by atoms with Gasteiger partial charge in [-0.05, 0) is 30.6 Å². The van der Waals surface area contributed by atoms with Crippen molar-refractivity contribution < 1.29 is 4.79 Å².